The first-order chi connectivity index (χ1) is 10.9. The highest BCUT2D eigenvalue weighted by Gasteiger charge is 2.51. The van der Waals surface area contributed by atoms with E-state index in [4.69, 9.17) is 4.74 Å². The molecule has 0 aromatic rings. The molecule has 6 nitrogen and oxygen atoms in total. The number of carbonyl (C=O) groups is 2. The van der Waals surface area contributed by atoms with Gasteiger partial charge in [0.15, 0.2) is 0 Å². The van der Waals surface area contributed by atoms with Gasteiger partial charge in [-0.25, -0.2) is 9.18 Å². The summed E-state index contributed by atoms with van der Waals surface area (Å²) in [5.74, 6) is -0.263. The molecule has 0 aliphatic carbocycles. The van der Waals surface area contributed by atoms with Gasteiger partial charge in [-0.05, 0) is 54.0 Å². The van der Waals surface area contributed by atoms with Crippen molar-refractivity contribution in [3.05, 3.63) is 0 Å². The molecule has 1 N–H and O–H groups in total. The number of fused-ring (bicyclic) bond motifs is 1. The highest BCUT2D eigenvalue weighted by Crippen LogP contribution is 2.35. The van der Waals surface area contributed by atoms with E-state index in [1.807, 2.05) is 39.5 Å². The Morgan fingerprint density at radius 1 is 1.25 bits per heavy atom. The fraction of sp³-hybridized carbons (Fsp3) is 0.882. The van der Waals surface area contributed by atoms with Crippen LogP contribution in [-0.4, -0.2) is 70.5 Å². The Morgan fingerprint density at radius 3 is 2.42 bits per heavy atom. The van der Waals surface area contributed by atoms with Crippen LogP contribution in [0.1, 0.15) is 47.5 Å². The molecule has 2 fully saturated rings. The van der Waals surface area contributed by atoms with Gasteiger partial charge < -0.3 is 14.7 Å². The number of carbonyl (C=O) groups excluding carboxylic acids is 1. The number of halogens is 1. The molecule has 2 heterocycles. The maximum Gasteiger partial charge on any atom is 0.407 e. The van der Waals surface area contributed by atoms with Crippen molar-refractivity contribution in [2.45, 2.75) is 71.3 Å². The van der Waals surface area contributed by atoms with Gasteiger partial charge in [0.2, 0.25) is 0 Å². The van der Waals surface area contributed by atoms with Gasteiger partial charge in [0.1, 0.15) is 11.8 Å². The molecule has 2 saturated heterocycles. The van der Waals surface area contributed by atoms with Crippen LogP contribution in [0.25, 0.3) is 0 Å². The summed E-state index contributed by atoms with van der Waals surface area (Å²) < 4.78 is 19.8. The van der Waals surface area contributed by atoms with E-state index in [9.17, 15) is 19.1 Å². The van der Waals surface area contributed by atoms with Crippen LogP contribution in [0.5, 0.6) is 0 Å². The van der Waals surface area contributed by atoms with Crippen molar-refractivity contribution in [3.63, 3.8) is 0 Å². The number of hydrogen-bond acceptors (Lipinski definition) is 4. The van der Waals surface area contributed by atoms with Gasteiger partial charge in [-0.2, -0.15) is 0 Å². The molecule has 3 atom stereocenters. The molecule has 0 bridgehead atoms. The molecule has 2 aliphatic rings. The summed E-state index contributed by atoms with van der Waals surface area (Å²) in [7, 11) is 0. The highest BCUT2D eigenvalue weighted by molar-refractivity contribution is 5.76. The second-order valence-electron chi connectivity index (χ2n) is 8.47. The van der Waals surface area contributed by atoms with Crippen LogP contribution in [0.3, 0.4) is 0 Å². The minimum absolute atomic E-state index is 0.0589. The molecule has 2 rings (SSSR count). The second-order valence-corrected chi connectivity index (χ2v) is 8.47. The molecule has 0 radical (unpaired) electrons. The Hall–Kier alpha value is -1.37. The summed E-state index contributed by atoms with van der Waals surface area (Å²) in [6.45, 7) is 10.3. The fourth-order valence-corrected chi connectivity index (χ4v) is 3.52. The molecule has 0 aromatic heterocycles. The second kappa shape index (κ2) is 6.50. The topological polar surface area (TPSA) is 70.1 Å². The van der Waals surface area contributed by atoms with Crippen LogP contribution < -0.4 is 0 Å². The smallest absolute Gasteiger partial charge is 0.407 e. The fourth-order valence-electron chi connectivity index (χ4n) is 3.52. The zero-order chi connectivity index (χ0) is 18.3. The van der Waals surface area contributed by atoms with Crippen LogP contribution in [0.15, 0.2) is 0 Å². The van der Waals surface area contributed by atoms with Gasteiger partial charge in [-0.3, -0.25) is 9.69 Å². The maximum atomic E-state index is 14.3. The Morgan fingerprint density at radius 2 is 1.88 bits per heavy atom. The van der Waals surface area contributed by atoms with Gasteiger partial charge in [-0.1, -0.05) is 0 Å². The first kappa shape index (κ1) is 19.0. The molecule has 3 unspecified atom stereocenters. The summed E-state index contributed by atoms with van der Waals surface area (Å²) in [6.07, 6.45) is -1.03. The first-order valence-electron chi connectivity index (χ1n) is 8.53. The predicted octanol–water partition coefficient (Wildman–Crippen LogP) is 2.52. The van der Waals surface area contributed by atoms with E-state index in [2.05, 4.69) is 0 Å². The van der Waals surface area contributed by atoms with Gasteiger partial charge >= 0.3 is 12.1 Å². The minimum Gasteiger partial charge on any atom is -0.465 e. The Balaban J connectivity index is 1.95. The number of hydrogen-bond donors (Lipinski definition) is 1. The van der Waals surface area contributed by atoms with Gasteiger partial charge in [-0.15, -0.1) is 0 Å². The van der Waals surface area contributed by atoms with E-state index in [0.29, 0.717) is 25.9 Å². The molecule has 0 aromatic carbocycles. The summed E-state index contributed by atoms with van der Waals surface area (Å²) in [5, 5.41) is 9.18. The standard InChI is InChI=1S/C17H29FN2O4/c1-16(2,3)24-14(21)17(4,5)7-9-19-8-6-12-13(19)11(18)10-20(12)15(22)23/h11-13H,6-10H2,1-5H3,(H,22,23). The Bertz CT molecular complexity index is 503. The molecule has 1 amide bonds. The molecule has 138 valence electrons. The largest absolute Gasteiger partial charge is 0.465 e. The van der Waals surface area contributed by atoms with Crippen molar-refractivity contribution in [1.29, 1.82) is 0 Å². The summed E-state index contributed by atoms with van der Waals surface area (Å²) in [5.41, 5.74) is -1.20. The van der Waals surface area contributed by atoms with E-state index in [1.54, 1.807) is 0 Å². The van der Waals surface area contributed by atoms with Gasteiger partial charge in [0.05, 0.1) is 24.0 Å². The Kier molecular flexibility index (Phi) is 5.14. The van der Waals surface area contributed by atoms with Crippen LogP contribution in [-0.2, 0) is 9.53 Å². The molecule has 2 aliphatic heterocycles. The molecular formula is C17H29FN2O4. The average Bonchev–Trinajstić information content (AvgIpc) is 2.96. The molecule has 7 heteroatoms. The SMILES string of the molecule is CC(C)(C)OC(=O)C(C)(C)CCN1CCC2C1C(F)CN2C(=O)O. The predicted molar refractivity (Wildman–Crippen MR) is 87.6 cm³/mol. The lowest BCUT2D eigenvalue weighted by molar-refractivity contribution is -0.166. The van der Waals surface area contributed by atoms with Crippen molar-refractivity contribution in [2.24, 2.45) is 5.41 Å². The zero-order valence-electron chi connectivity index (χ0n) is 15.2. The number of esters is 1. The molecule has 0 saturated carbocycles. The van der Waals surface area contributed by atoms with E-state index in [0.717, 1.165) is 0 Å². The number of likely N-dealkylation sites (tertiary alicyclic amines) is 2. The number of alkyl halides is 1. The van der Waals surface area contributed by atoms with E-state index in [-0.39, 0.29) is 18.6 Å². The normalized spacial score (nSPS) is 28.1. The molecule has 0 spiro atoms. The van der Waals surface area contributed by atoms with Crippen LogP contribution in [0.4, 0.5) is 9.18 Å². The maximum absolute atomic E-state index is 14.3. The van der Waals surface area contributed by atoms with Crippen LogP contribution >= 0.6 is 0 Å². The number of carboxylic acid groups (broad SMARTS) is 1. The molecule has 24 heavy (non-hydrogen) atoms. The van der Waals surface area contributed by atoms with Crippen molar-refractivity contribution in [2.75, 3.05) is 19.6 Å². The third-order valence-corrected chi connectivity index (χ3v) is 4.89. The van der Waals surface area contributed by atoms with E-state index < -0.39 is 29.3 Å². The highest BCUT2D eigenvalue weighted by atomic mass is 19.1. The van der Waals surface area contributed by atoms with Crippen molar-refractivity contribution < 1.29 is 23.8 Å². The first-order valence-corrected chi connectivity index (χ1v) is 8.53. The minimum atomic E-state index is -1.17. The van der Waals surface area contributed by atoms with Crippen LogP contribution in [0, 0.1) is 5.41 Å². The summed E-state index contributed by atoms with van der Waals surface area (Å²) >= 11 is 0. The lowest BCUT2D eigenvalue weighted by Crippen LogP contribution is -2.43. The summed E-state index contributed by atoms with van der Waals surface area (Å²) in [6, 6.07) is -0.669. The quantitative estimate of drug-likeness (QED) is 0.794. The average molecular weight is 344 g/mol. The van der Waals surface area contributed by atoms with E-state index in [1.165, 1.54) is 4.90 Å². The third-order valence-electron chi connectivity index (χ3n) is 4.89. The molecular weight excluding hydrogens is 315 g/mol. The lowest BCUT2D eigenvalue weighted by atomic mass is 9.88. The third kappa shape index (κ3) is 3.99. The number of nitrogens with zero attached hydrogens (tertiary/aromatic N) is 2. The van der Waals surface area contributed by atoms with Crippen molar-refractivity contribution in [3.8, 4) is 0 Å². The summed E-state index contributed by atoms with van der Waals surface area (Å²) in [4.78, 5) is 26.7. The number of amides is 1. The number of rotatable bonds is 4. The van der Waals surface area contributed by atoms with Gasteiger partial charge in [0.25, 0.3) is 0 Å². The monoisotopic (exact) mass is 344 g/mol. The van der Waals surface area contributed by atoms with Gasteiger partial charge in [0, 0.05) is 6.54 Å². The van der Waals surface area contributed by atoms with Crippen LogP contribution in [0.2, 0.25) is 0 Å². The van der Waals surface area contributed by atoms with Crippen molar-refractivity contribution >= 4 is 12.1 Å². The zero-order valence-corrected chi connectivity index (χ0v) is 15.2. The van der Waals surface area contributed by atoms with E-state index >= 15 is 0 Å². The van der Waals surface area contributed by atoms with Crippen molar-refractivity contribution in [1.82, 2.24) is 9.80 Å². The number of ether oxygens (including phenoxy) is 1. The Labute approximate surface area is 142 Å². The lowest BCUT2D eigenvalue weighted by Gasteiger charge is -2.31.